The number of nitrogens with zero attached hydrogens (tertiary/aromatic N) is 1. The SMILES string of the molecule is Cc1oc(-c2ccc(NC(=O)Cc3ccccc3)cc2)nc1CNC(=O)Cc1cccc2ccccc12. The van der Waals surface area contributed by atoms with E-state index in [0.717, 1.165) is 27.5 Å². The Morgan fingerprint density at radius 2 is 1.51 bits per heavy atom. The van der Waals surface area contributed by atoms with Gasteiger partial charge in [-0.05, 0) is 53.1 Å². The van der Waals surface area contributed by atoms with Crippen LogP contribution in [-0.4, -0.2) is 16.8 Å². The van der Waals surface area contributed by atoms with Gasteiger partial charge in [0, 0.05) is 11.3 Å². The van der Waals surface area contributed by atoms with Gasteiger partial charge >= 0.3 is 0 Å². The first-order chi connectivity index (χ1) is 18.0. The first kappa shape index (κ1) is 24.0. The van der Waals surface area contributed by atoms with Crippen molar-refractivity contribution in [1.29, 1.82) is 0 Å². The number of oxazole rings is 1. The molecule has 1 aromatic heterocycles. The Labute approximate surface area is 215 Å². The van der Waals surface area contributed by atoms with Gasteiger partial charge in [-0.2, -0.15) is 0 Å². The molecule has 6 heteroatoms. The van der Waals surface area contributed by atoms with Crippen molar-refractivity contribution >= 4 is 28.3 Å². The summed E-state index contributed by atoms with van der Waals surface area (Å²) < 4.78 is 5.86. The maximum absolute atomic E-state index is 12.7. The number of carbonyl (C=O) groups excluding carboxylic acids is 2. The maximum atomic E-state index is 12.7. The summed E-state index contributed by atoms with van der Waals surface area (Å²) in [4.78, 5) is 29.6. The van der Waals surface area contributed by atoms with E-state index in [1.165, 1.54) is 0 Å². The summed E-state index contributed by atoms with van der Waals surface area (Å²) in [5.74, 6) is 0.974. The van der Waals surface area contributed by atoms with Gasteiger partial charge in [0.2, 0.25) is 17.7 Å². The number of fused-ring (bicyclic) bond motifs is 1. The number of anilines is 1. The van der Waals surface area contributed by atoms with Gasteiger partial charge in [0.05, 0.1) is 19.4 Å². The second-order valence-corrected chi connectivity index (χ2v) is 8.90. The predicted molar refractivity (Wildman–Crippen MR) is 145 cm³/mol. The van der Waals surface area contributed by atoms with Crippen LogP contribution in [-0.2, 0) is 29.0 Å². The minimum atomic E-state index is -0.0764. The zero-order valence-electron chi connectivity index (χ0n) is 20.5. The number of nitrogens with one attached hydrogen (secondary N) is 2. The molecule has 1 heterocycles. The van der Waals surface area contributed by atoms with Crippen LogP contribution in [0.2, 0.25) is 0 Å². The van der Waals surface area contributed by atoms with E-state index < -0.39 is 0 Å². The maximum Gasteiger partial charge on any atom is 0.228 e. The fourth-order valence-corrected chi connectivity index (χ4v) is 4.26. The van der Waals surface area contributed by atoms with Gasteiger partial charge in [-0.1, -0.05) is 72.8 Å². The first-order valence-corrected chi connectivity index (χ1v) is 12.2. The third-order valence-corrected chi connectivity index (χ3v) is 6.20. The van der Waals surface area contributed by atoms with Gasteiger partial charge in [-0.25, -0.2) is 4.98 Å². The van der Waals surface area contributed by atoms with Crippen LogP contribution in [0, 0.1) is 6.92 Å². The first-order valence-electron chi connectivity index (χ1n) is 12.2. The van der Waals surface area contributed by atoms with Crippen LogP contribution in [0.25, 0.3) is 22.2 Å². The lowest BCUT2D eigenvalue weighted by Crippen LogP contribution is -2.25. The van der Waals surface area contributed by atoms with Gasteiger partial charge in [0.25, 0.3) is 0 Å². The van der Waals surface area contributed by atoms with E-state index in [-0.39, 0.29) is 18.4 Å². The highest BCUT2D eigenvalue weighted by molar-refractivity contribution is 5.92. The predicted octanol–water partition coefficient (Wildman–Crippen LogP) is 5.84. The van der Waals surface area contributed by atoms with Crippen LogP contribution >= 0.6 is 0 Å². The molecule has 0 spiro atoms. The van der Waals surface area contributed by atoms with Crippen molar-refractivity contribution in [3.8, 4) is 11.5 Å². The lowest BCUT2D eigenvalue weighted by atomic mass is 10.0. The highest BCUT2D eigenvalue weighted by Crippen LogP contribution is 2.24. The van der Waals surface area contributed by atoms with E-state index in [1.54, 1.807) is 0 Å². The van der Waals surface area contributed by atoms with Crippen LogP contribution < -0.4 is 10.6 Å². The molecule has 2 amide bonds. The molecule has 5 rings (SSSR count). The Balaban J connectivity index is 1.18. The van der Waals surface area contributed by atoms with E-state index in [2.05, 4.69) is 15.6 Å². The quantitative estimate of drug-likeness (QED) is 0.287. The summed E-state index contributed by atoms with van der Waals surface area (Å²) in [5.41, 5.74) is 4.13. The number of hydrogen-bond acceptors (Lipinski definition) is 4. The fourth-order valence-electron chi connectivity index (χ4n) is 4.26. The van der Waals surface area contributed by atoms with Gasteiger partial charge in [0.15, 0.2) is 0 Å². The van der Waals surface area contributed by atoms with Crippen molar-refractivity contribution in [2.75, 3.05) is 5.32 Å². The molecule has 0 bridgehead atoms. The Morgan fingerprint density at radius 1 is 0.784 bits per heavy atom. The average molecular weight is 490 g/mol. The van der Waals surface area contributed by atoms with Crippen molar-refractivity contribution in [3.63, 3.8) is 0 Å². The van der Waals surface area contributed by atoms with E-state index in [9.17, 15) is 9.59 Å². The number of carbonyl (C=O) groups is 2. The van der Waals surface area contributed by atoms with E-state index in [0.29, 0.717) is 35.9 Å². The summed E-state index contributed by atoms with van der Waals surface area (Å²) in [7, 11) is 0. The lowest BCUT2D eigenvalue weighted by molar-refractivity contribution is -0.120. The molecule has 0 fully saturated rings. The molecule has 5 aromatic rings. The van der Waals surface area contributed by atoms with E-state index >= 15 is 0 Å². The van der Waals surface area contributed by atoms with Crippen LogP contribution in [0.1, 0.15) is 22.6 Å². The number of rotatable bonds is 8. The molecule has 0 saturated heterocycles. The molecule has 2 N–H and O–H groups in total. The zero-order chi connectivity index (χ0) is 25.6. The van der Waals surface area contributed by atoms with Gasteiger partial charge < -0.3 is 15.1 Å². The van der Waals surface area contributed by atoms with Crippen molar-refractivity contribution in [2.24, 2.45) is 0 Å². The zero-order valence-corrected chi connectivity index (χ0v) is 20.5. The molecule has 0 unspecified atom stereocenters. The molecular formula is C31H27N3O3. The van der Waals surface area contributed by atoms with Crippen molar-refractivity contribution in [3.05, 3.63) is 120 Å². The molecule has 184 valence electrons. The molecule has 0 radical (unpaired) electrons. The van der Waals surface area contributed by atoms with Crippen molar-refractivity contribution < 1.29 is 14.0 Å². The smallest absolute Gasteiger partial charge is 0.228 e. The second-order valence-electron chi connectivity index (χ2n) is 8.90. The largest absolute Gasteiger partial charge is 0.441 e. The monoisotopic (exact) mass is 489 g/mol. The average Bonchev–Trinajstić information content (AvgIpc) is 3.29. The highest BCUT2D eigenvalue weighted by Gasteiger charge is 2.14. The molecule has 37 heavy (non-hydrogen) atoms. The minimum absolute atomic E-state index is 0.0732. The van der Waals surface area contributed by atoms with E-state index in [1.807, 2.05) is 104 Å². The number of hydrogen-bond donors (Lipinski definition) is 2. The molecule has 0 aliphatic rings. The molecule has 6 nitrogen and oxygen atoms in total. The Morgan fingerprint density at radius 3 is 2.32 bits per heavy atom. The molecule has 0 atom stereocenters. The Bertz CT molecular complexity index is 1530. The van der Waals surface area contributed by atoms with Crippen LogP contribution in [0.15, 0.2) is 101 Å². The van der Waals surface area contributed by atoms with Gasteiger partial charge in [-0.3, -0.25) is 9.59 Å². The third-order valence-electron chi connectivity index (χ3n) is 6.20. The van der Waals surface area contributed by atoms with Crippen LogP contribution in [0.3, 0.4) is 0 Å². The number of aromatic nitrogens is 1. The number of amides is 2. The number of aryl methyl sites for hydroxylation is 1. The van der Waals surface area contributed by atoms with Crippen molar-refractivity contribution in [1.82, 2.24) is 10.3 Å². The number of benzene rings is 4. The molecule has 0 aliphatic heterocycles. The Kier molecular flexibility index (Phi) is 7.08. The summed E-state index contributed by atoms with van der Waals surface area (Å²) >= 11 is 0. The summed E-state index contributed by atoms with van der Waals surface area (Å²) in [6.07, 6.45) is 0.611. The summed E-state index contributed by atoms with van der Waals surface area (Å²) in [6.45, 7) is 2.12. The summed E-state index contributed by atoms with van der Waals surface area (Å²) in [6, 6.07) is 31.0. The van der Waals surface area contributed by atoms with Gasteiger partial charge in [-0.15, -0.1) is 0 Å². The van der Waals surface area contributed by atoms with Crippen LogP contribution in [0.4, 0.5) is 5.69 Å². The highest BCUT2D eigenvalue weighted by atomic mass is 16.4. The van der Waals surface area contributed by atoms with Crippen LogP contribution in [0.5, 0.6) is 0 Å². The topological polar surface area (TPSA) is 84.2 Å². The molecule has 0 aliphatic carbocycles. The lowest BCUT2D eigenvalue weighted by Gasteiger charge is -2.07. The minimum Gasteiger partial charge on any atom is -0.441 e. The second kappa shape index (κ2) is 10.9. The molecular weight excluding hydrogens is 462 g/mol. The normalized spacial score (nSPS) is 10.8. The third kappa shape index (κ3) is 5.93. The standard InChI is InChI=1S/C31H27N3O3/c1-21-28(20-32-29(35)19-25-12-7-11-23-10-5-6-13-27(23)25)34-31(37-21)24-14-16-26(17-15-24)33-30(36)18-22-8-3-2-4-9-22/h2-17H,18-20H2,1H3,(H,32,35)(H,33,36). The van der Waals surface area contributed by atoms with Gasteiger partial charge in [0.1, 0.15) is 11.5 Å². The van der Waals surface area contributed by atoms with E-state index in [4.69, 9.17) is 4.42 Å². The molecule has 4 aromatic carbocycles. The summed E-state index contributed by atoms with van der Waals surface area (Å²) in [5, 5.41) is 8.07. The Hall–Kier alpha value is -4.71. The fraction of sp³-hybridized carbons (Fsp3) is 0.129. The molecule has 0 saturated carbocycles. The van der Waals surface area contributed by atoms with Crippen molar-refractivity contribution in [2.45, 2.75) is 26.3 Å².